The second-order valence-electron chi connectivity index (χ2n) is 4.93. The second kappa shape index (κ2) is 4.45. The smallest absolute Gasteiger partial charge is 0.341 e. The maximum absolute atomic E-state index is 14.3. The van der Waals surface area contributed by atoms with Gasteiger partial charge >= 0.3 is 5.97 Å². The molecule has 1 fully saturated rings. The second-order valence-corrected chi connectivity index (χ2v) is 5.38. The summed E-state index contributed by atoms with van der Waals surface area (Å²) in [7, 11) is 0. The van der Waals surface area contributed by atoms with E-state index in [2.05, 4.69) is 12.6 Å². The Hall–Kier alpha value is -2.09. The van der Waals surface area contributed by atoms with Gasteiger partial charge in [0.15, 0.2) is 11.6 Å². The van der Waals surface area contributed by atoms with E-state index in [9.17, 15) is 18.4 Å². The average Bonchev–Trinajstić information content (AvgIpc) is 3.26. The molecule has 1 aromatic heterocycles. The number of anilines is 1. The van der Waals surface area contributed by atoms with Crippen LogP contribution in [0.1, 0.15) is 29.2 Å². The van der Waals surface area contributed by atoms with Gasteiger partial charge in [-0.15, -0.1) is 12.6 Å². The highest BCUT2D eigenvalue weighted by molar-refractivity contribution is 7.80. The molecule has 1 heterocycles. The van der Waals surface area contributed by atoms with Gasteiger partial charge in [-0.1, -0.05) is 0 Å². The first kappa shape index (κ1) is 13.9. The normalized spacial score (nSPS) is 14.6. The van der Waals surface area contributed by atoms with E-state index in [0.29, 0.717) is 0 Å². The molecule has 2 aromatic rings. The lowest BCUT2D eigenvalue weighted by molar-refractivity contribution is 0.0695. The topological polar surface area (TPSA) is 85.3 Å². The zero-order valence-electron chi connectivity index (χ0n) is 10.6. The van der Waals surface area contributed by atoms with Crippen LogP contribution in [0.15, 0.2) is 15.9 Å². The number of nitrogens with two attached hydrogens (primary N) is 1. The number of fused-ring (bicyclic) bond motifs is 1. The molecule has 8 heteroatoms. The number of pyridine rings is 1. The van der Waals surface area contributed by atoms with Crippen molar-refractivity contribution in [3.8, 4) is 0 Å². The van der Waals surface area contributed by atoms with Crippen molar-refractivity contribution in [2.75, 3.05) is 5.73 Å². The van der Waals surface area contributed by atoms with E-state index in [1.54, 1.807) is 0 Å². The molecular weight excluding hydrogens is 302 g/mol. The number of halogens is 2. The van der Waals surface area contributed by atoms with Crippen molar-refractivity contribution in [2.45, 2.75) is 23.8 Å². The van der Waals surface area contributed by atoms with Crippen LogP contribution in [-0.4, -0.2) is 15.6 Å². The van der Waals surface area contributed by atoms with Gasteiger partial charge in [0.05, 0.1) is 21.5 Å². The number of carboxylic acid groups (broad SMARTS) is 1. The number of carboxylic acids is 1. The third-order valence-corrected chi connectivity index (χ3v) is 3.93. The summed E-state index contributed by atoms with van der Waals surface area (Å²) in [4.78, 5) is 22.7. The molecule has 1 aliphatic carbocycles. The Labute approximate surface area is 122 Å². The fourth-order valence-corrected chi connectivity index (χ4v) is 2.57. The predicted octanol–water partition coefficient (Wildman–Crippen LogP) is 2.18. The maximum Gasteiger partial charge on any atom is 0.341 e. The van der Waals surface area contributed by atoms with Crippen LogP contribution in [0.4, 0.5) is 14.5 Å². The molecule has 21 heavy (non-hydrogen) atoms. The Morgan fingerprint density at radius 3 is 2.52 bits per heavy atom. The third kappa shape index (κ3) is 1.90. The first-order valence-electron chi connectivity index (χ1n) is 6.12. The van der Waals surface area contributed by atoms with Crippen molar-refractivity contribution >= 4 is 35.2 Å². The highest BCUT2D eigenvalue weighted by Gasteiger charge is 2.30. The van der Waals surface area contributed by atoms with E-state index >= 15 is 0 Å². The summed E-state index contributed by atoms with van der Waals surface area (Å²) in [6.07, 6.45) is 2.52. The minimum atomic E-state index is -1.47. The lowest BCUT2D eigenvalue weighted by atomic mass is 10.1. The van der Waals surface area contributed by atoms with Gasteiger partial charge < -0.3 is 15.4 Å². The Morgan fingerprint density at radius 2 is 2.00 bits per heavy atom. The van der Waals surface area contributed by atoms with Crippen LogP contribution < -0.4 is 11.2 Å². The minimum absolute atomic E-state index is 0.127. The molecule has 5 nitrogen and oxygen atoms in total. The highest BCUT2D eigenvalue weighted by Crippen LogP contribution is 2.40. The van der Waals surface area contributed by atoms with Gasteiger partial charge in [0, 0.05) is 12.2 Å². The van der Waals surface area contributed by atoms with Crippen LogP contribution in [0.2, 0.25) is 0 Å². The summed E-state index contributed by atoms with van der Waals surface area (Å²) < 4.78 is 29.5. The van der Waals surface area contributed by atoms with Gasteiger partial charge in [0.1, 0.15) is 5.56 Å². The maximum atomic E-state index is 14.3. The van der Waals surface area contributed by atoms with Crippen LogP contribution in [0.5, 0.6) is 0 Å². The zero-order chi connectivity index (χ0) is 15.5. The standard InChI is InChI=1S/C13H10F2N2O3S/c14-7-9(16)6-10(8(15)12(7)21)17(4-1-2-4)3-5(11(6)18)13(19)20/h3-4,21H,1-2,16H2,(H,19,20). The number of aromatic carboxylic acids is 1. The average molecular weight is 312 g/mol. The van der Waals surface area contributed by atoms with Gasteiger partial charge in [-0.2, -0.15) is 0 Å². The predicted molar refractivity (Wildman–Crippen MR) is 75.0 cm³/mol. The molecule has 1 saturated carbocycles. The molecule has 0 saturated heterocycles. The summed E-state index contributed by atoms with van der Waals surface area (Å²) >= 11 is 3.73. The molecule has 0 aliphatic heterocycles. The SMILES string of the molecule is Nc1c(F)c(S)c(F)c2c1c(=O)c(C(=O)O)cn2C1CC1. The third-order valence-electron chi connectivity index (χ3n) is 3.54. The summed E-state index contributed by atoms with van der Waals surface area (Å²) in [5.41, 5.74) is 3.20. The zero-order valence-corrected chi connectivity index (χ0v) is 11.5. The number of benzene rings is 1. The van der Waals surface area contributed by atoms with Crippen LogP contribution in [-0.2, 0) is 0 Å². The van der Waals surface area contributed by atoms with Gasteiger partial charge in [0.2, 0.25) is 5.43 Å². The Balaban J connectivity index is 2.59. The Kier molecular flexibility index (Phi) is 2.94. The molecular formula is C13H10F2N2O3S. The molecule has 0 spiro atoms. The van der Waals surface area contributed by atoms with Gasteiger partial charge in [0.25, 0.3) is 0 Å². The Morgan fingerprint density at radius 1 is 1.38 bits per heavy atom. The van der Waals surface area contributed by atoms with Gasteiger partial charge in [-0.3, -0.25) is 4.79 Å². The lowest BCUT2D eigenvalue weighted by Crippen LogP contribution is -2.21. The molecule has 0 unspecified atom stereocenters. The molecule has 0 bridgehead atoms. The minimum Gasteiger partial charge on any atom is -0.477 e. The number of carbonyl (C=O) groups is 1. The van der Waals surface area contributed by atoms with Gasteiger partial charge in [-0.25, -0.2) is 13.6 Å². The molecule has 1 aromatic carbocycles. The first-order chi connectivity index (χ1) is 9.84. The van der Waals surface area contributed by atoms with Gasteiger partial charge in [-0.05, 0) is 12.8 Å². The fourth-order valence-electron chi connectivity index (χ4n) is 2.35. The van der Waals surface area contributed by atoms with Crippen molar-refractivity contribution in [3.63, 3.8) is 0 Å². The summed E-state index contributed by atoms with van der Waals surface area (Å²) in [5, 5.41) is 8.63. The Bertz CT molecular complexity index is 859. The van der Waals surface area contributed by atoms with Crippen molar-refractivity contribution in [3.05, 3.63) is 33.6 Å². The van der Waals surface area contributed by atoms with E-state index in [0.717, 1.165) is 19.0 Å². The van der Waals surface area contributed by atoms with Crippen LogP contribution in [0.3, 0.4) is 0 Å². The lowest BCUT2D eigenvalue weighted by Gasteiger charge is -2.15. The van der Waals surface area contributed by atoms with Crippen molar-refractivity contribution in [2.24, 2.45) is 0 Å². The largest absolute Gasteiger partial charge is 0.477 e. The summed E-state index contributed by atoms with van der Waals surface area (Å²) in [5.74, 6) is -3.64. The molecule has 3 N–H and O–H groups in total. The van der Waals surface area contributed by atoms with E-state index in [4.69, 9.17) is 10.8 Å². The van der Waals surface area contributed by atoms with Crippen molar-refractivity contribution in [1.82, 2.24) is 4.57 Å². The number of nitrogen functional groups attached to an aromatic ring is 1. The van der Waals surface area contributed by atoms with E-state index < -0.39 is 44.6 Å². The number of nitrogens with zero attached hydrogens (tertiary/aromatic N) is 1. The monoisotopic (exact) mass is 312 g/mol. The summed E-state index contributed by atoms with van der Waals surface area (Å²) in [6.45, 7) is 0. The number of hydrogen-bond donors (Lipinski definition) is 3. The molecule has 0 amide bonds. The van der Waals surface area contributed by atoms with E-state index in [1.807, 2.05) is 0 Å². The molecule has 110 valence electrons. The van der Waals surface area contributed by atoms with Crippen molar-refractivity contribution in [1.29, 1.82) is 0 Å². The molecule has 0 radical (unpaired) electrons. The van der Waals surface area contributed by atoms with Crippen molar-refractivity contribution < 1.29 is 18.7 Å². The number of rotatable bonds is 2. The summed E-state index contributed by atoms with van der Waals surface area (Å²) in [6, 6.07) is -0.127. The number of aromatic nitrogens is 1. The van der Waals surface area contributed by atoms with Crippen LogP contribution >= 0.6 is 12.6 Å². The molecule has 0 atom stereocenters. The first-order valence-corrected chi connectivity index (χ1v) is 6.56. The van der Waals surface area contributed by atoms with Crippen LogP contribution in [0.25, 0.3) is 10.9 Å². The highest BCUT2D eigenvalue weighted by atomic mass is 32.1. The van der Waals surface area contributed by atoms with E-state index in [-0.39, 0.29) is 11.6 Å². The number of hydrogen-bond acceptors (Lipinski definition) is 4. The van der Waals surface area contributed by atoms with E-state index in [1.165, 1.54) is 4.57 Å². The fraction of sp³-hybridized carbons (Fsp3) is 0.231. The molecule has 3 rings (SSSR count). The quantitative estimate of drug-likeness (QED) is 0.586. The van der Waals surface area contributed by atoms with Crippen LogP contribution in [0, 0.1) is 11.6 Å². The molecule has 1 aliphatic rings. The number of thiol groups is 1.